The Labute approximate surface area is 108 Å². The van der Waals surface area contributed by atoms with Crippen LogP contribution in [0, 0.1) is 0 Å². The van der Waals surface area contributed by atoms with E-state index in [2.05, 4.69) is 36.5 Å². The Morgan fingerprint density at radius 3 is 2.50 bits per heavy atom. The predicted octanol–water partition coefficient (Wildman–Crippen LogP) is 2.98. The largest absolute Gasteiger partial charge is 0.350 e. The predicted molar refractivity (Wildman–Crippen MR) is 74.7 cm³/mol. The number of nitrogens with zero attached hydrogens (tertiary/aromatic N) is 1. The average molecular weight is 247 g/mol. The van der Waals surface area contributed by atoms with Crippen LogP contribution in [-0.2, 0) is 0 Å². The summed E-state index contributed by atoms with van der Waals surface area (Å²) in [5.74, 6) is 0.574. The van der Waals surface area contributed by atoms with Gasteiger partial charge in [-0.2, -0.15) is 5.10 Å². The number of hydrogen-bond acceptors (Lipinski definition) is 2. The lowest BCUT2D eigenvalue weighted by molar-refractivity contribution is 0.249. The second kappa shape index (κ2) is 6.79. The van der Waals surface area contributed by atoms with Gasteiger partial charge >= 0.3 is 6.03 Å². The van der Waals surface area contributed by atoms with Gasteiger partial charge in [0, 0.05) is 0 Å². The molecule has 1 atom stereocenters. The van der Waals surface area contributed by atoms with E-state index in [0.29, 0.717) is 5.92 Å². The molecule has 0 saturated carbocycles. The zero-order valence-electron chi connectivity index (χ0n) is 11.2. The smallest absolute Gasteiger partial charge is 0.332 e. The van der Waals surface area contributed by atoms with Gasteiger partial charge in [0.25, 0.3) is 0 Å². The van der Waals surface area contributed by atoms with Crippen molar-refractivity contribution in [2.75, 3.05) is 0 Å². The van der Waals surface area contributed by atoms with Crippen molar-refractivity contribution in [2.45, 2.75) is 39.5 Å². The zero-order chi connectivity index (χ0) is 13.5. The first-order valence-corrected chi connectivity index (χ1v) is 6.24. The summed E-state index contributed by atoms with van der Waals surface area (Å²) in [7, 11) is 0. The van der Waals surface area contributed by atoms with Crippen LogP contribution < -0.4 is 11.2 Å². The molecule has 0 aliphatic rings. The Morgan fingerprint density at radius 2 is 2.00 bits per heavy atom. The molecule has 1 unspecified atom stereocenters. The lowest BCUT2D eigenvalue weighted by Gasteiger charge is -2.11. The van der Waals surface area contributed by atoms with Gasteiger partial charge in [0.15, 0.2) is 0 Å². The Bertz CT molecular complexity index is 423. The third-order valence-electron chi connectivity index (χ3n) is 2.95. The number of benzene rings is 1. The highest BCUT2D eigenvalue weighted by Crippen LogP contribution is 2.20. The highest BCUT2D eigenvalue weighted by molar-refractivity contribution is 5.99. The Balaban J connectivity index is 2.76. The van der Waals surface area contributed by atoms with Crippen molar-refractivity contribution in [3.05, 3.63) is 35.4 Å². The maximum absolute atomic E-state index is 10.6. The molecule has 0 aliphatic carbocycles. The molecular weight excluding hydrogens is 226 g/mol. The van der Waals surface area contributed by atoms with Crippen molar-refractivity contribution in [1.29, 1.82) is 0 Å². The van der Waals surface area contributed by atoms with E-state index in [4.69, 9.17) is 5.73 Å². The molecule has 1 rings (SSSR count). The van der Waals surface area contributed by atoms with Crippen LogP contribution in [0.2, 0.25) is 0 Å². The van der Waals surface area contributed by atoms with E-state index in [1.165, 1.54) is 18.4 Å². The van der Waals surface area contributed by atoms with Crippen LogP contribution in [0.3, 0.4) is 0 Å². The summed E-state index contributed by atoms with van der Waals surface area (Å²) in [6, 6.07) is 7.60. The fourth-order valence-corrected chi connectivity index (χ4v) is 1.86. The van der Waals surface area contributed by atoms with Crippen molar-refractivity contribution < 1.29 is 4.79 Å². The fraction of sp³-hybridized carbons (Fsp3) is 0.429. The van der Waals surface area contributed by atoms with Gasteiger partial charge in [0.05, 0.1) is 5.71 Å². The molecule has 98 valence electrons. The highest BCUT2D eigenvalue weighted by atomic mass is 16.2. The third kappa shape index (κ3) is 4.20. The normalized spacial score (nSPS) is 13.2. The van der Waals surface area contributed by atoms with E-state index >= 15 is 0 Å². The standard InChI is InChI=1S/C14H21N3O/c1-4-5-10(2)12-6-8-13(9-7-12)11(3)16-17-14(15)18/h6-10H,4-5H2,1-3H3,(H3,15,17,18). The lowest BCUT2D eigenvalue weighted by Crippen LogP contribution is -2.25. The lowest BCUT2D eigenvalue weighted by atomic mass is 9.95. The van der Waals surface area contributed by atoms with Crippen molar-refractivity contribution in [2.24, 2.45) is 10.8 Å². The summed E-state index contributed by atoms with van der Waals surface area (Å²) in [6.45, 7) is 6.26. The minimum Gasteiger partial charge on any atom is -0.350 e. The molecule has 0 aliphatic heterocycles. The molecule has 0 heterocycles. The molecule has 0 bridgehead atoms. The van der Waals surface area contributed by atoms with Gasteiger partial charge in [0.1, 0.15) is 0 Å². The number of amides is 2. The molecular formula is C14H21N3O. The molecule has 4 nitrogen and oxygen atoms in total. The van der Waals surface area contributed by atoms with E-state index in [1.807, 2.05) is 19.1 Å². The van der Waals surface area contributed by atoms with Gasteiger partial charge in [-0.05, 0) is 30.4 Å². The number of nitrogens with two attached hydrogens (primary N) is 1. The first-order valence-electron chi connectivity index (χ1n) is 6.24. The van der Waals surface area contributed by atoms with E-state index < -0.39 is 6.03 Å². The average Bonchev–Trinajstić information content (AvgIpc) is 2.36. The van der Waals surface area contributed by atoms with Gasteiger partial charge in [-0.1, -0.05) is 44.5 Å². The topological polar surface area (TPSA) is 67.5 Å². The van der Waals surface area contributed by atoms with Crippen LogP contribution in [0.1, 0.15) is 50.7 Å². The molecule has 18 heavy (non-hydrogen) atoms. The summed E-state index contributed by atoms with van der Waals surface area (Å²) in [4.78, 5) is 10.6. The van der Waals surface area contributed by atoms with Crippen LogP contribution in [-0.4, -0.2) is 11.7 Å². The SMILES string of the molecule is CCCC(C)c1ccc(C(C)=NNC(N)=O)cc1. The number of hydrazone groups is 1. The molecule has 4 heteroatoms. The molecule has 1 aromatic rings. The second-order valence-electron chi connectivity index (χ2n) is 4.48. The molecule has 0 saturated heterocycles. The molecule has 1 aromatic carbocycles. The monoisotopic (exact) mass is 247 g/mol. The van der Waals surface area contributed by atoms with Crippen LogP contribution in [0.4, 0.5) is 4.79 Å². The van der Waals surface area contributed by atoms with Crippen molar-refractivity contribution in [1.82, 2.24) is 5.43 Å². The Kier molecular flexibility index (Phi) is 5.36. The number of primary amides is 1. The summed E-state index contributed by atoms with van der Waals surface area (Å²) < 4.78 is 0. The summed E-state index contributed by atoms with van der Waals surface area (Å²) in [5, 5.41) is 3.90. The minimum absolute atomic E-state index is 0.574. The first-order chi connectivity index (χ1) is 8.54. The molecule has 0 fully saturated rings. The Hall–Kier alpha value is -1.84. The van der Waals surface area contributed by atoms with Gasteiger partial charge in [0.2, 0.25) is 0 Å². The van der Waals surface area contributed by atoms with Crippen molar-refractivity contribution in [3.8, 4) is 0 Å². The van der Waals surface area contributed by atoms with E-state index in [1.54, 1.807) is 0 Å². The summed E-state index contributed by atoms with van der Waals surface area (Å²) in [5.41, 5.74) is 10.2. The Morgan fingerprint density at radius 1 is 1.39 bits per heavy atom. The van der Waals surface area contributed by atoms with E-state index in [9.17, 15) is 4.79 Å². The molecule has 2 amide bonds. The minimum atomic E-state index is -0.650. The number of carbonyl (C=O) groups excluding carboxylic acids is 1. The molecule has 0 radical (unpaired) electrons. The number of carbonyl (C=O) groups is 1. The number of hydrogen-bond donors (Lipinski definition) is 2. The molecule has 3 N–H and O–H groups in total. The number of urea groups is 1. The first kappa shape index (κ1) is 14.2. The number of rotatable bonds is 5. The molecule has 0 aromatic heterocycles. The summed E-state index contributed by atoms with van der Waals surface area (Å²) >= 11 is 0. The highest BCUT2D eigenvalue weighted by Gasteiger charge is 2.05. The van der Waals surface area contributed by atoms with Gasteiger partial charge in [-0.3, -0.25) is 0 Å². The second-order valence-corrected chi connectivity index (χ2v) is 4.48. The fourth-order valence-electron chi connectivity index (χ4n) is 1.86. The van der Waals surface area contributed by atoms with Gasteiger partial charge < -0.3 is 5.73 Å². The van der Waals surface area contributed by atoms with Crippen LogP contribution in [0.15, 0.2) is 29.4 Å². The van der Waals surface area contributed by atoms with Crippen molar-refractivity contribution in [3.63, 3.8) is 0 Å². The summed E-state index contributed by atoms with van der Waals surface area (Å²) in [6.07, 6.45) is 2.38. The maximum Gasteiger partial charge on any atom is 0.332 e. The van der Waals surface area contributed by atoms with Crippen molar-refractivity contribution >= 4 is 11.7 Å². The molecule has 0 spiro atoms. The van der Waals surface area contributed by atoms with Gasteiger partial charge in [-0.15, -0.1) is 0 Å². The third-order valence-corrected chi connectivity index (χ3v) is 2.95. The van der Waals surface area contributed by atoms with Gasteiger partial charge in [-0.25, -0.2) is 10.2 Å². The van der Waals surface area contributed by atoms with Crippen LogP contribution in [0.5, 0.6) is 0 Å². The van der Waals surface area contributed by atoms with E-state index in [-0.39, 0.29) is 0 Å². The van der Waals surface area contributed by atoms with Crippen LogP contribution in [0.25, 0.3) is 0 Å². The maximum atomic E-state index is 10.6. The zero-order valence-corrected chi connectivity index (χ0v) is 11.2. The quantitative estimate of drug-likeness (QED) is 0.609. The van der Waals surface area contributed by atoms with Crippen LogP contribution >= 0.6 is 0 Å². The van der Waals surface area contributed by atoms with E-state index in [0.717, 1.165) is 11.3 Å². The number of nitrogens with one attached hydrogen (secondary N) is 1.